The van der Waals surface area contributed by atoms with Gasteiger partial charge in [-0.15, -0.1) is 0 Å². The molecule has 1 aliphatic rings. The Bertz CT molecular complexity index is 883. The summed E-state index contributed by atoms with van der Waals surface area (Å²) in [5.41, 5.74) is 3.87. The number of halogens is 2. The average molecular weight is 356 g/mol. The Morgan fingerprint density at radius 1 is 0.833 bits per heavy atom. The highest BCUT2D eigenvalue weighted by molar-refractivity contribution is 6.34. The fourth-order valence-corrected chi connectivity index (χ4v) is 4.20. The Morgan fingerprint density at radius 3 is 2.33 bits per heavy atom. The van der Waals surface area contributed by atoms with Crippen LogP contribution in [0.1, 0.15) is 35.1 Å². The van der Waals surface area contributed by atoms with Gasteiger partial charge < -0.3 is 5.32 Å². The van der Waals surface area contributed by atoms with Gasteiger partial charge in [-0.3, -0.25) is 0 Å². The third-order valence-corrected chi connectivity index (χ3v) is 5.35. The quantitative estimate of drug-likeness (QED) is 0.570. The van der Waals surface area contributed by atoms with E-state index in [9.17, 15) is 0 Å². The van der Waals surface area contributed by atoms with Crippen molar-refractivity contribution < 1.29 is 0 Å². The van der Waals surface area contributed by atoms with E-state index in [2.05, 4.69) is 48.6 Å². The molecule has 0 aromatic heterocycles. The Morgan fingerprint density at radius 2 is 1.54 bits per heavy atom. The van der Waals surface area contributed by atoms with Gasteiger partial charge in [0.05, 0.1) is 0 Å². The molecular formula is C21H19Cl2N. The summed E-state index contributed by atoms with van der Waals surface area (Å²) in [7, 11) is 0. The van der Waals surface area contributed by atoms with Crippen molar-refractivity contribution in [1.29, 1.82) is 0 Å². The lowest BCUT2D eigenvalue weighted by atomic mass is 9.93. The Kier molecular flexibility index (Phi) is 4.26. The molecule has 0 spiro atoms. The van der Waals surface area contributed by atoms with E-state index < -0.39 is 0 Å². The average Bonchev–Trinajstić information content (AvgIpc) is 3.03. The number of aryl methyl sites for hydroxylation is 1. The molecule has 1 nitrogen and oxygen atoms in total. The highest BCUT2D eigenvalue weighted by atomic mass is 35.5. The number of rotatable bonds is 2. The summed E-state index contributed by atoms with van der Waals surface area (Å²) in [5.74, 6) is 0.444. The molecule has 1 aliphatic heterocycles. The standard InChI is InChI=1S/C21H19Cl2N/c1-13-2-3-15-7-16(5-4-14(15)6-13)21-10-18(12-24-21)17-8-19(22)11-20(23)9-17/h2-9,11,18,21,24H,10,12H2,1H3/t18-,21+/m0/s1. The summed E-state index contributed by atoms with van der Waals surface area (Å²) >= 11 is 12.3. The summed E-state index contributed by atoms with van der Waals surface area (Å²) in [4.78, 5) is 0. The maximum Gasteiger partial charge on any atom is 0.0423 e. The van der Waals surface area contributed by atoms with Gasteiger partial charge in [0.25, 0.3) is 0 Å². The molecule has 3 heteroatoms. The fraction of sp³-hybridized carbons (Fsp3) is 0.238. The fourth-order valence-electron chi connectivity index (χ4n) is 3.65. The van der Waals surface area contributed by atoms with Gasteiger partial charge >= 0.3 is 0 Å². The van der Waals surface area contributed by atoms with Crippen LogP contribution in [0.5, 0.6) is 0 Å². The highest BCUT2D eigenvalue weighted by Crippen LogP contribution is 2.36. The minimum Gasteiger partial charge on any atom is -0.309 e. The van der Waals surface area contributed by atoms with Crippen LogP contribution in [0, 0.1) is 6.92 Å². The summed E-state index contributed by atoms with van der Waals surface area (Å²) < 4.78 is 0. The topological polar surface area (TPSA) is 12.0 Å². The van der Waals surface area contributed by atoms with E-state index in [1.807, 2.05) is 12.1 Å². The van der Waals surface area contributed by atoms with E-state index in [0.717, 1.165) is 13.0 Å². The van der Waals surface area contributed by atoms with Crippen LogP contribution >= 0.6 is 23.2 Å². The molecule has 1 heterocycles. The minimum atomic E-state index is 0.374. The predicted molar refractivity (Wildman–Crippen MR) is 103 cm³/mol. The van der Waals surface area contributed by atoms with E-state index in [4.69, 9.17) is 23.2 Å². The molecule has 0 bridgehead atoms. The normalized spacial score (nSPS) is 20.6. The number of hydrogen-bond acceptors (Lipinski definition) is 1. The monoisotopic (exact) mass is 355 g/mol. The summed E-state index contributed by atoms with van der Waals surface area (Å²) in [6, 6.07) is 19.6. The van der Waals surface area contributed by atoms with Crippen LogP contribution in [-0.4, -0.2) is 6.54 Å². The second-order valence-electron chi connectivity index (χ2n) is 6.71. The molecule has 2 atom stereocenters. The zero-order valence-electron chi connectivity index (χ0n) is 13.5. The van der Waals surface area contributed by atoms with Crippen molar-refractivity contribution in [2.75, 3.05) is 6.54 Å². The molecular weight excluding hydrogens is 337 g/mol. The van der Waals surface area contributed by atoms with Gasteiger partial charge in [0.2, 0.25) is 0 Å². The van der Waals surface area contributed by atoms with Gasteiger partial charge in [0.15, 0.2) is 0 Å². The first-order chi connectivity index (χ1) is 11.6. The van der Waals surface area contributed by atoms with E-state index >= 15 is 0 Å². The molecule has 0 unspecified atom stereocenters. The van der Waals surface area contributed by atoms with Crippen LogP contribution in [0.2, 0.25) is 10.0 Å². The SMILES string of the molecule is Cc1ccc2cc([C@H]3C[C@H](c4cc(Cl)cc(Cl)c4)CN3)ccc2c1. The number of fused-ring (bicyclic) bond motifs is 1. The molecule has 1 saturated heterocycles. The summed E-state index contributed by atoms with van der Waals surface area (Å²) in [6.45, 7) is 3.08. The number of nitrogens with one attached hydrogen (secondary N) is 1. The predicted octanol–water partition coefficient (Wildman–Crippen LogP) is 6.27. The lowest BCUT2D eigenvalue weighted by molar-refractivity contribution is 0.642. The number of benzene rings is 3. The van der Waals surface area contributed by atoms with Crippen LogP contribution in [0.3, 0.4) is 0 Å². The second kappa shape index (κ2) is 6.40. The third kappa shape index (κ3) is 3.17. The van der Waals surface area contributed by atoms with Crippen LogP contribution in [-0.2, 0) is 0 Å². The van der Waals surface area contributed by atoms with Crippen LogP contribution in [0.25, 0.3) is 10.8 Å². The van der Waals surface area contributed by atoms with Gasteiger partial charge in [0, 0.05) is 22.6 Å². The van der Waals surface area contributed by atoms with E-state index in [-0.39, 0.29) is 0 Å². The molecule has 0 aliphatic carbocycles. The van der Waals surface area contributed by atoms with Crippen molar-refractivity contribution in [3.8, 4) is 0 Å². The van der Waals surface area contributed by atoms with E-state index in [1.165, 1.54) is 27.5 Å². The van der Waals surface area contributed by atoms with Gasteiger partial charge in [-0.05, 0) is 65.4 Å². The smallest absolute Gasteiger partial charge is 0.0423 e. The molecule has 4 rings (SSSR count). The molecule has 1 N–H and O–H groups in total. The lowest BCUT2D eigenvalue weighted by Gasteiger charge is -2.13. The summed E-state index contributed by atoms with van der Waals surface area (Å²) in [5, 5.41) is 7.67. The van der Waals surface area contributed by atoms with Crippen molar-refractivity contribution in [2.24, 2.45) is 0 Å². The van der Waals surface area contributed by atoms with Crippen molar-refractivity contribution in [2.45, 2.75) is 25.3 Å². The molecule has 3 aromatic carbocycles. The lowest BCUT2D eigenvalue weighted by Crippen LogP contribution is -2.13. The molecule has 24 heavy (non-hydrogen) atoms. The maximum atomic E-state index is 6.16. The van der Waals surface area contributed by atoms with Crippen molar-refractivity contribution in [1.82, 2.24) is 5.32 Å². The van der Waals surface area contributed by atoms with Crippen LogP contribution in [0.4, 0.5) is 0 Å². The molecule has 0 saturated carbocycles. The van der Waals surface area contributed by atoms with Gasteiger partial charge in [-0.25, -0.2) is 0 Å². The first kappa shape index (κ1) is 16.0. The zero-order valence-corrected chi connectivity index (χ0v) is 15.0. The highest BCUT2D eigenvalue weighted by Gasteiger charge is 2.27. The molecule has 0 radical (unpaired) electrons. The van der Waals surface area contributed by atoms with E-state index in [1.54, 1.807) is 6.07 Å². The Hall–Kier alpha value is -1.54. The second-order valence-corrected chi connectivity index (χ2v) is 7.58. The molecule has 0 amide bonds. The molecule has 3 aromatic rings. The minimum absolute atomic E-state index is 0.374. The number of hydrogen-bond donors (Lipinski definition) is 1. The third-order valence-electron chi connectivity index (χ3n) is 4.91. The largest absolute Gasteiger partial charge is 0.309 e. The maximum absolute atomic E-state index is 6.16. The Balaban J connectivity index is 1.59. The van der Waals surface area contributed by atoms with Crippen molar-refractivity contribution >= 4 is 34.0 Å². The van der Waals surface area contributed by atoms with Gasteiger partial charge in [-0.2, -0.15) is 0 Å². The first-order valence-corrected chi connectivity index (χ1v) is 9.04. The zero-order chi connectivity index (χ0) is 16.7. The summed E-state index contributed by atoms with van der Waals surface area (Å²) in [6.07, 6.45) is 1.06. The van der Waals surface area contributed by atoms with Crippen LogP contribution < -0.4 is 5.32 Å². The molecule has 122 valence electrons. The van der Waals surface area contributed by atoms with Gasteiger partial charge in [0.1, 0.15) is 0 Å². The van der Waals surface area contributed by atoms with E-state index in [0.29, 0.717) is 22.0 Å². The van der Waals surface area contributed by atoms with Crippen molar-refractivity contribution in [3.63, 3.8) is 0 Å². The first-order valence-electron chi connectivity index (χ1n) is 8.28. The van der Waals surface area contributed by atoms with Gasteiger partial charge in [-0.1, -0.05) is 59.1 Å². The Labute approximate surface area is 152 Å². The molecule has 1 fully saturated rings. The van der Waals surface area contributed by atoms with Crippen LogP contribution in [0.15, 0.2) is 54.6 Å². The van der Waals surface area contributed by atoms with Crippen molar-refractivity contribution in [3.05, 3.63) is 81.3 Å².